The number of hydrogen-bond acceptors (Lipinski definition) is 5. The number of hydrogen-bond donors (Lipinski definition) is 1. The summed E-state index contributed by atoms with van der Waals surface area (Å²) in [5, 5.41) is 2.82. The summed E-state index contributed by atoms with van der Waals surface area (Å²) < 4.78 is 43.8. The molecule has 0 aliphatic rings. The fourth-order valence-corrected chi connectivity index (χ4v) is 1.81. The fraction of sp³-hybridized carbons (Fsp3) is 0.333. The predicted octanol–water partition coefficient (Wildman–Crippen LogP) is 3.18. The van der Waals surface area contributed by atoms with E-state index < -0.39 is 11.9 Å². The van der Waals surface area contributed by atoms with E-state index in [0.717, 1.165) is 11.6 Å². The van der Waals surface area contributed by atoms with E-state index in [2.05, 4.69) is 15.3 Å². The molecular weight excluding hydrogens is 309 g/mol. The van der Waals surface area contributed by atoms with Crippen molar-refractivity contribution in [3.63, 3.8) is 0 Å². The third-order valence-electron chi connectivity index (χ3n) is 3.07. The van der Waals surface area contributed by atoms with Crippen LogP contribution in [-0.4, -0.2) is 31.2 Å². The molecule has 2 rings (SSSR count). The van der Waals surface area contributed by atoms with Crippen LogP contribution in [0.5, 0.6) is 5.75 Å². The quantitative estimate of drug-likeness (QED) is 0.914. The molecule has 0 amide bonds. The Bertz CT molecular complexity index is 657. The molecule has 0 aliphatic heterocycles. The summed E-state index contributed by atoms with van der Waals surface area (Å²) in [6.07, 6.45) is -4.52. The largest absolute Gasteiger partial charge is 0.497 e. The molecule has 0 aliphatic carbocycles. The van der Waals surface area contributed by atoms with E-state index in [1.807, 2.05) is 12.1 Å². The maximum Gasteiger partial charge on any atom is 0.433 e. The van der Waals surface area contributed by atoms with Gasteiger partial charge in [0.2, 0.25) is 5.95 Å². The van der Waals surface area contributed by atoms with Crippen molar-refractivity contribution >= 4 is 11.8 Å². The minimum Gasteiger partial charge on any atom is -0.497 e. The normalized spacial score (nSPS) is 11.2. The van der Waals surface area contributed by atoms with Crippen LogP contribution < -0.4 is 15.0 Å². The van der Waals surface area contributed by atoms with Crippen LogP contribution in [0, 0.1) is 0 Å². The second-order valence-corrected chi connectivity index (χ2v) is 5.03. The average molecular weight is 326 g/mol. The molecule has 0 saturated carbocycles. The minimum absolute atomic E-state index is 0.0701. The molecule has 1 heterocycles. The molecule has 2 aromatic rings. The highest BCUT2D eigenvalue weighted by Gasteiger charge is 2.33. The van der Waals surface area contributed by atoms with Gasteiger partial charge in [-0.05, 0) is 17.7 Å². The molecule has 0 saturated heterocycles. The van der Waals surface area contributed by atoms with Gasteiger partial charge in [-0.3, -0.25) is 0 Å². The summed E-state index contributed by atoms with van der Waals surface area (Å²) in [6.45, 7) is 0.304. The van der Waals surface area contributed by atoms with Gasteiger partial charge in [0.25, 0.3) is 0 Å². The van der Waals surface area contributed by atoms with Gasteiger partial charge in [-0.25, -0.2) is 4.98 Å². The van der Waals surface area contributed by atoms with E-state index in [4.69, 9.17) is 4.74 Å². The Hall–Kier alpha value is -2.51. The smallest absolute Gasteiger partial charge is 0.433 e. The number of nitrogens with one attached hydrogen (secondary N) is 1. The number of aromatic nitrogens is 2. The van der Waals surface area contributed by atoms with E-state index in [-0.39, 0.29) is 11.8 Å². The Balaban J connectivity index is 2.19. The Morgan fingerprint density at radius 1 is 1.13 bits per heavy atom. The highest BCUT2D eigenvalue weighted by atomic mass is 19.4. The summed E-state index contributed by atoms with van der Waals surface area (Å²) in [4.78, 5) is 9.11. The number of halogens is 3. The molecule has 8 heteroatoms. The van der Waals surface area contributed by atoms with Gasteiger partial charge in [-0.15, -0.1) is 0 Å². The maximum atomic E-state index is 12.9. The van der Waals surface area contributed by atoms with Gasteiger partial charge in [0.1, 0.15) is 11.6 Å². The Labute approximate surface area is 132 Å². The van der Waals surface area contributed by atoms with Crippen LogP contribution >= 0.6 is 0 Å². The van der Waals surface area contributed by atoms with E-state index >= 15 is 0 Å². The van der Waals surface area contributed by atoms with E-state index in [1.54, 1.807) is 33.3 Å². The van der Waals surface area contributed by atoms with Crippen LogP contribution in [0.15, 0.2) is 30.3 Å². The molecule has 1 aromatic carbocycles. The first-order valence-electron chi connectivity index (χ1n) is 6.80. The number of benzene rings is 1. The lowest BCUT2D eigenvalue weighted by Crippen LogP contribution is -2.17. The summed E-state index contributed by atoms with van der Waals surface area (Å²) in [5.74, 6) is 0.822. The third kappa shape index (κ3) is 4.48. The number of methoxy groups -OCH3 is 1. The van der Waals surface area contributed by atoms with Gasteiger partial charge < -0.3 is 15.0 Å². The molecule has 124 valence electrons. The second kappa shape index (κ2) is 6.72. The molecule has 23 heavy (non-hydrogen) atoms. The number of rotatable bonds is 5. The third-order valence-corrected chi connectivity index (χ3v) is 3.07. The minimum atomic E-state index is -4.52. The summed E-state index contributed by atoms with van der Waals surface area (Å²) in [5.41, 5.74) is -0.105. The molecule has 1 N–H and O–H groups in total. The summed E-state index contributed by atoms with van der Waals surface area (Å²) >= 11 is 0. The zero-order chi connectivity index (χ0) is 17.0. The highest BCUT2D eigenvalue weighted by molar-refractivity contribution is 5.44. The van der Waals surface area contributed by atoms with Crippen LogP contribution in [0.3, 0.4) is 0 Å². The van der Waals surface area contributed by atoms with Crippen LogP contribution in [0.2, 0.25) is 0 Å². The molecule has 1 aromatic heterocycles. The van der Waals surface area contributed by atoms with Gasteiger partial charge in [0, 0.05) is 26.7 Å². The monoisotopic (exact) mass is 326 g/mol. The summed E-state index contributed by atoms with van der Waals surface area (Å²) in [6, 6.07) is 8.08. The lowest BCUT2D eigenvalue weighted by Gasteiger charge is -2.16. The number of ether oxygens (including phenoxy) is 1. The molecule has 0 fully saturated rings. The topological polar surface area (TPSA) is 50.3 Å². The summed E-state index contributed by atoms with van der Waals surface area (Å²) in [7, 11) is 4.80. The molecule has 0 spiro atoms. The Kier molecular flexibility index (Phi) is 4.92. The van der Waals surface area contributed by atoms with Gasteiger partial charge in [0.05, 0.1) is 7.11 Å². The van der Waals surface area contributed by atoms with Gasteiger partial charge >= 0.3 is 6.18 Å². The van der Waals surface area contributed by atoms with Crippen LogP contribution in [0.1, 0.15) is 11.3 Å². The standard InChI is InChI=1S/C15H17F3N4O/c1-22(2)13-8-12(15(16,17)18)20-14(21-13)19-9-10-4-6-11(23-3)7-5-10/h4-8H,9H2,1-3H3,(H,19,20,21). The fourth-order valence-electron chi connectivity index (χ4n) is 1.81. The van der Waals surface area contributed by atoms with Crippen molar-refractivity contribution in [2.75, 3.05) is 31.4 Å². The second-order valence-electron chi connectivity index (χ2n) is 5.03. The van der Waals surface area contributed by atoms with Gasteiger partial charge in [-0.2, -0.15) is 18.2 Å². The van der Waals surface area contributed by atoms with E-state index in [0.29, 0.717) is 12.3 Å². The van der Waals surface area contributed by atoms with Crippen LogP contribution in [0.4, 0.5) is 24.9 Å². The lowest BCUT2D eigenvalue weighted by molar-refractivity contribution is -0.141. The molecule has 0 atom stereocenters. The number of anilines is 2. The van der Waals surface area contributed by atoms with Crippen molar-refractivity contribution < 1.29 is 17.9 Å². The van der Waals surface area contributed by atoms with Crippen molar-refractivity contribution in [3.05, 3.63) is 41.6 Å². The van der Waals surface area contributed by atoms with E-state index in [9.17, 15) is 13.2 Å². The maximum absolute atomic E-state index is 12.9. The molecule has 0 radical (unpaired) electrons. The van der Waals surface area contributed by atoms with Crippen LogP contribution in [-0.2, 0) is 12.7 Å². The molecule has 0 unspecified atom stereocenters. The van der Waals surface area contributed by atoms with Crippen molar-refractivity contribution in [1.29, 1.82) is 0 Å². The Morgan fingerprint density at radius 2 is 1.78 bits per heavy atom. The SMILES string of the molecule is COc1ccc(CNc2nc(N(C)C)cc(C(F)(F)F)n2)cc1. The predicted molar refractivity (Wildman–Crippen MR) is 81.7 cm³/mol. The molecule has 0 bridgehead atoms. The van der Waals surface area contributed by atoms with Crippen molar-refractivity contribution in [3.8, 4) is 5.75 Å². The van der Waals surface area contributed by atoms with Crippen LogP contribution in [0.25, 0.3) is 0 Å². The van der Waals surface area contributed by atoms with Crippen molar-refractivity contribution in [2.45, 2.75) is 12.7 Å². The van der Waals surface area contributed by atoms with Gasteiger partial charge in [-0.1, -0.05) is 12.1 Å². The Morgan fingerprint density at radius 3 is 2.30 bits per heavy atom. The van der Waals surface area contributed by atoms with Crippen molar-refractivity contribution in [2.24, 2.45) is 0 Å². The number of nitrogens with zero attached hydrogens (tertiary/aromatic N) is 3. The zero-order valence-electron chi connectivity index (χ0n) is 13.0. The number of alkyl halides is 3. The first-order chi connectivity index (χ1) is 10.8. The first-order valence-corrected chi connectivity index (χ1v) is 6.80. The van der Waals surface area contributed by atoms with E-state index in [1.165, 1.54) is 4.90 Å². The first kappa shape index (κ1) is 16.9. The average Bonchev–Trinajstić information content (AvgIpc) is 2.52. The zero-order valence-corrected chi connectivity index (χ0v) is 13.0. The van der Waals surface area contributed by atoms with Crippen molar-refractivity contribution in [1.82, 2.24) is 9.97 Å². The molecule has 5 nitrogen and oxygen atoms in total. The highest BCUT2D eigenvalue weighted by Crippen LogP contribution is 2.30. The lowest BCUT2D eigenvalue weighted by atomic mass is 10.2. The van der Waals surface area contributed by atoms with Gasteiger partial charge in [0.15, 0.2) is 5.69 Å². The molecular formula is C15H17F3N4O.